The molecule has 0 aliphatic heterocycles. The van der Waals surface area contributed by atoms with Crippen molar-refractivity contribution in [1.82, 2.24) is 0 Å². The van der Waals surface area contributed by atoms with Crippen LogP contribution in [0.2, 0.25) is 0 Å². The van der Waals surface area contributed by atoms with Gasteiger partial charge in [-0.2, -0.15) is 0 Å². The molecule has 0 aliphatic rings. The SMILES string of the molecule is Nc1cc(NC(=O)OCc2ccccc2)cc(-c2ccccc2N)c1. The quantitative estimate of drug-likeness (QED) is 0.622. The molecule has 1 amide bonds. The van der Waals surface area contributed by atoms with Crippen molar-refractivity contribution in [2.24, 2.45) is 0 Å². The van der Waals surface area contributed by atoms with Crippen LogP contribution >= 0.6 is 0 Å². The number of rotatable bonds is 4. The van der Waals surface area contributed by atoms with Crippen molar-refractivity contribution >= 4 is 23.2 Å². The lowest BCUT2D eigenvalue weighted by Gasteiger charge is -2.11. The van der Waals surface area contributed by atoms with E-state index in [0.717, 1.165) is 16.7 Å². The normalized spacial score (nSPS) is 10.2. The second-order valence-electron chi connectivity index (χ2n) is 5.62. The van der Waals surface area contributed by atoms with Crippen LogP contribution in [0.3, 0.4) is 0 Å². The number of nitrogens with one attached hydrogen (secondary N) is 1. The summed E-state index contributed by atoms with van der Waals surface area (Å²) in [7, 11) is 0. The first kappa shape index (κ1) is 16.4. The van der Waals surface area contributed by atoms with Crippen LogP contribution in [-0.4, -0.2) is 6.09 Å². The number of carbonyl (C=O) groups excluding carboxylic acids is 1. The molecule has 3 rings (SSSR count). The highest BCUT2D eigenvalue weighted by Gasteiger charge is 2.08. The first-order valence-corrected chi connectivity index (χ1v) is 7.85. The molecule has 3 aromatic rings. The molecule has 0 radical (unpaired) electrons. The molecule has 5 heteroatoms. The fraction of sp³-hybridized carbons (Fsp3) is 0.0500. The summed E-state index contributed by atoms with van der Waals surface area (Å²) >= 11 is 0. The van der Waals surface area contributed by atoms with Crippen molar-refractivity contribution in [2.75, 3.05) is 16.8 Å². The minimum Gasteiger partial charge on any atom is -0.444 e. The molecule has 0 heterocycles. The van der Waals surface area contributed by atoms with Gasteiger partial charge in [0.1, 0.15) is 6.61 Å². The average molecular weight is 333 g/mol. The number of hydrogen-bond donors (Lipinski definition) is 3. The largest absolute Gasteiger partial charge is 0.444 e. The third kappa shape index (κ3) is 4.29. The highest BCUT2D eigenvalue weighted by molar-refractivity contribution is 5.88. The Kier molecular flexibility index (Phi) is 4.85. The van der Waals surface area contributed by atoms with E-state index in [0.29, 0.717) is 17.1 Å². The highest BCUT2D eigenvalue weighted by Crippen LogP contribution is 2.30. The summed E-state index contributed by atoms with van der Waals surface area (Å²) in [6.07, 6.45) is -0.540. The van der Waals surface area contributed by atoms with Crippen molar-refractivity contribution in [3.63, 3.8) is 0 Å². The lowest BCUT2D eigenvalue weighted by atomic mass is 10.0. The molecular formula is C20H19N3O2. The summed E-state index contributed by atoms with van der Waals surface area (Å²) in [4.78, 5) is 12.0. The van der Waals surface area contributed by atoms with Crippen LogP contribution in [0.5, 0.6) is 0 Å². The molecule has 0 aromatic heterocycles. The van der Waals surface area contributed by atoms with E-state index in [2.05, 4.69) is 5.32 Å². The van der Waals surface area contributed by atoms with Gasteiger partial charge in [-0.15, -0.1) is 0 Å². The van der Waals surface area contributed by atoms with Crippen LogP contribution < -0.4 is 16.8 Å². The minimum atomic E-state index is -0.540. The molecule has 0 spiro atoms. The fourth-order valence-electron chi connectivity index (χ4n) is 2.52. The molecule has 25 heavy (non-hydrogen) atoms. The van der Waals surface area contributed by atoms with E-state index in [1.807, 2.05) is 66.7 Å². The van der Waals surface area contributed by atoms with E-state index >= 15 is 0 Å². The van der Waals surface area contributed by atoms with Crippen LogP contribution in [0.1, 0.15) is 5.56 Å². The number of benzene rings is 3. The Labute approximate surface area is 146 Å². The molecule has 0 unspecified atom stereocenters. The van der Waals surface area contributed by atoms with Gasteiger partial charge in [-0.05, 0) is 35.4 Å². The average Bonchev–Trinajstić information content (AvgIpc) is 2.61. The zero-order chi connectivity index (χ0) is 17.6. The van der Waals surface area contributed by atoms with Crippen molar-refractivity contribution in [3.8, 4) is 11.1 Å². The molecular weight excluding hydrogens is 314 g/mol. The lowest BCUT2D eigenvalue weighted by Crippen LogP contribution is -2.13. The molecule has 0 fully saturated rings. The van der Waals surface area contributed by atoms with Gasteiger partial charge in [0.2, 0.25) is 0 Å². The maximum Gasteiger partial charge on any atom is 0.411 e. The van der Waals surface area contributed by atoms with Crippen molar-refractivity contribution in [3.05, 3.63) is 78.4 Å². The number of amides is 1. The lowest BCUT2D eigenvalue weighted by molar-refractivity contribution is 0.155. The topological polar surface area (TPSA) is 90.4 Å². The number of ether oxygens (including phenoxy) is 1. The molecule has 126 valence electrons. The number of para-hydroxylation sites is 1. The molecule has 0 saturated carbocycles. The molecule has 5 N–H and O–H groups in total. The van der Waals surface area contributed by atoms with Gasteiger partial charge in [-0.3, -0.25) is 5.32 Å². The predicted molar refractivity (Wildman–Crippen MR) is 101 cm³/mol. The molecule has 0 saturated heterocycles. The Morgan fingerprint density at radius 1 is 0.920 bits per heavy atom. The Morgan fingerprint density at radius 3 is 2.40 bits per heavy atom. The van der Waals surface area contributed by atoms with E-state index < -0.39 is 6.09 Å². The fourth-order valence-corrected chi connectivity index (χ4v) is 2.52. The van der Waals surface area contributed by atoms with Crippen LogP contribution in [0.25, 0.3) is 11.1 Å². The van der Waals surface area contributed by atoms with Gasteiger partial charge in [0.25, 0.3) is 0 Å². The van der Waals surface area contributed by atoms with E-state index in [9.17, 15) is 4.79 Å². The molecule has 0 aliphatic carbocycles. The number of nitrogens with two attached hydrogens (primary N) is 2. The summed E-state index contributed by atoms with van der Waals surface area (Å²) in [5.41, 5.74) is 16.3. The Hall–Kier alpha value is -3.47. The van der Waals surface area contributed by atoms with Crippen LogP contribution in [0.15, 0.2) is 72.8 Å². The standard InChI is InChI=1S/C20H19N3O2/c21-16-10-15(18-8-4-5-9-19(18)22)11-17(12-16)23-20(24)25-13-14-6-2-1-3-7-14/h1-12H,13,21-22H2,(H,23,24). The van der Waals surface area contributed by atoms with Gasteiger partial charge in [0.05, 0.1) is 0 Å². The van der Waals surface area contributed by atoms with Gasteiger partial charge in [-0.25, -0.2) is 4.79 Å². The third-order valence-corrected chi connectivity index (χ3v) is 3.69. The second kappa shape index (κ2) is 7.40. The maximum absolute atomic E-state index is 12.0. The Balaban J connectivity index is 1.72. The summed E-state index contributed by atoms with van der Waals surface area (Å²) < 4.78 is 5.23. The summed E-state index contributed by atoms with van der Waals surface area (Å²) in [6.45, 7) is 0.202. The van der Waals surface area contributed by atoms with Crippen molar-refractivity contribution in [2.45, 2.75) is 6.61 Å². The second-order valence-corrected chi connectivity index (χ2v) is 5.62. The van der Waals surface area contributed by atoms with Crippen LogP contribution in [0.4, 0.5) is 21.9 Å². The maximum atomic E-state index is 12.0. The molecule has 0 bridgehead atoms. The van der Waals surface area contributed by atoms with E-state index in [1.165, 1.54) is 0 Å². The van der Waals surface area contributed by atoms with Gasteiger partial charge < -0.3 is 16.2 Å². The van der Waals surface area contributed by atoms with Gasteiger partial charge in [0.15, 0.2) is 0 Å². The van der Waals surface area contributed by atoms with E-state index in [1.54, 1.807) is 6.07 Å². The predicted octanol–water partition coefficient (Wildman–Crippen LogP) is 4.27. The van der Waals surface area contributed by atoms with Crippen LogP contribution in [0, 0.1) is 0 Å². The smallest absolute Gasteiger partial charge is 0.411 e. The summed E-state index contributed by atoms with van der Waals surface area (Å²) in [6, 6.07) is 22.3. The van der Waals surface area contributed by atoms with Gasteiger partial charge in [0, 0.05) is 22.6 Å². The number of anilines is 3. The monoisotopic (exact) mass is 333 g/mol. The number of nitrogen functional groups attached to an aromatic ring is 2. The Bertz CT molecular complexity index is 879. The zero-order valence-corrected chi connectivity index (χ0v) is 13.6. The van der Waals surface area contributed by atoms with E-state index in [4.69, 9.17) is 16.2 Å². The summed E-state index contributed by atoms with van der Waals surface area (Å²) in [5, 5.41) is 2.70. The molecule has 3 aromatic carbocycles. The number of carbonyl (C=O) groups is 1. The van der Waals surface area contributed by atoms with Crippen LogP contribution in [-0.2, 0) is 11.3 Å². The van der Waals surface area contributed by atoms with Crippen molar-refractivity contribution in [1.29, 1.82) is 0 Å². The summed E-state index contributed by atoms with van der Waals surface area (Å²) in [5.74, 6) is 0. The van der Waals surface area contributed by atoms with Crippen molar-refractivity contribution < 1.29 is 9.53 Å². The highest BCUT2D eigenvalue weighted by atomic mass is 16.5. The van der Waals surface area contributed by atoms with Gasteiger partial charge >= 0.3 is 6.09 Å². The zero-order valence-electron chi connectivity index (χ0n) is 13.6. The van der Waals surface area contributed by atoms with Gasteiger partial charge in [-0.1, -0.05) is 48.5 Å². The number of hydrogen-bond acceptors (Lipinski definition) is 4. The third-order valence-electron chi connectivity index (χ3n) is 3.69. The first-order chi connectivity index (χ1) is 12.1. The Morgan fingerprint density at radius 2 is 1.64 bits per heavy atom. The molecule has 0 atom stereocenters. The minimum absolute atomic E-state index is 0.202. The van der Waals surface area contributed by atoms with E-state index in [-0.39, 0.29) is 6.61 Å². The first-order valence-electron chi connectivity index (χ1n) is 7.85. The molecule has 5 nitrogen and oxygen atoms in total.